The Hall–Kier alpha value is -1.12. The highest BCUT2D eigenvalue weighted by Gasteiger charge is 2.29. The number of carbonyl (C=O) groups excluding carboxylic acids is 2. The van der Waals surface area contributed by atoms with Gasteiger partial charge in [-0.15, -0.1) is 6.58 Å². The Morgan fingerprint density at radius 2 is 2.21 bits per heavy atom. The van der Waals surface area contributed by atoms with E-state index in [-0.39, 0.29) is 17.9 Å². The molecule has 1 rings (SSSR count). The van der Waals surface area contributed by atoms with Gasteiger partial charge in [-0.05, 0) is 25.2 Å². The monoisotopic (exact) mass is 195 g/mol. The van der Waals surface area contributed by atoms with E-state index in [0.29, 0.717) is 5.92 Å². The van der Waals surface area contributed by atoms with Crippen molar-refractivity contribution in [1.29, 1.82) is 0 Å². The van der Waals surface area contributed by atoms with Gasteiger partial charge < -0.3 is 10.1 Å². The molecule has 0 saturated heterocycles. The number of hydrogen-bond acceptors (Lipinski definition) is 2. The van der Waals surface area contributed by atoms with Crippen LogP contribution in [0.25, 0.3) is 0 Å². The SMILES string of the molecule is C=C[C@@H]1CC[C@@H](C=O)[C@@H](NC(C)=O)C1. The average molecular weight is 195 g/mol. The van der Waals surface area contributed by atoms with Crippen LogP contribution >= 0.6 is 0 Å². The maximum Gasteiger partial charge on any atom is 0.217 e. The fourth-order valence-electron chi connectivity index (χ4n) is 2.03. The first kappa shape index (κ1) is 11.0. The molecule has 0 unspecified atom stereocenters. The lowest BCUT2D eigenvalue weighted by Gasteiger charge is -2.32. The third-order valence-electron chi connectivity index (χ3n) is 2.84. The second kappa shape index (κ2) is 4.94. The molecule has 0 aliphatic heterocycles. The Labute approximate surface area is 84.6 Å². The fourth-order valence-corrected chi connectivity index (χ4v) is 2.03. The van der Waals surface area contributed by atoms with E-state index in [1.165, 1.54) is 6.92 Å². The molecule has 3 atom stereocenters. The standard InChI is InChI=1S/C11H17NO2/c1-3-9-4-5-10(7-13)11(6-9)12-8(2)14/h3,7,9-11H,1,4-6H2,2H3,(H,12,14)/t9-,10+,11+/m1/s1. The van der Waals surface area contributed by atoms with Crippen molar-refractivity contribution in [1.82, 2.24) is 5.32 Å². The first-order valence-corrected chi connectivity index (χ1v) is 5.02. The summed E-state index contributed by atoms with van der Waals surface area (Å²) < 4.78 is 0. The van der Waals surface area contributed by atoms with E-state index >= 15 is 0 Å². The number of hydrogen-bond donors (Lipinski definition) is 1. The zero-order chi connectivity index (χ0) is 10.6. The van der Waals surface area contributed by atoms with Gasteiger partial charge in [0.2, 0.25) is 5.91 Å². The van der Waals surface area contributed by atoms with Crippen molar-refractivity contribution in [2.45, 2.75) is 32.2 Å². The van der Waals surface area contributed by atoms with Crippen LogP contribution < -0.4 is 5.32 Å². The summed E-state index contributed by atoms with van der Waals surface area (Å²) >= 11 is 0. The van der Waals surface area contributed by atoms with Crippen LogP contribution in [0, 0.1) is 11.8 Å². The lowest BCUT2D eigenvalue weighted by atomic mass is 9.79. The summed E-state index contributed by atoms with van der Waals surface area (Å²) in [6.07, 6.45) is 5.57. The van der Waals surface area contributed by atoms with Crippen LogP contribution in [0.15, 0.2) is 12.7 Å². The van der Waals surface area contributed by atoms with Gasteiger partial charge in [-0.3, -0.25) is 4.79 Å². The summed E-state index contributed by atoms with van der Waals surface area (Å²) in [6, 6.07) is 0.00162. The zero-order valence-electron chi connectivity index (χ0n) is 8.53. The summed E-state index contributed by atoms with van der Waals surface area (Å²) in [7, 11) is 0. The predicted molar refractivity (Wildman–Crippen MR) is 54.7 cm³/mol. The number of rotatable bonds is 3. The van der Waals surface area contributed by atoms with E-state index in [1.807, 2.05) is 6.08 Å². The van der Waals surface area contributed by atoms with Crippen LogP contribution in [0.2, 0.25) is 0 Å². The van der Waals surface area contributed by atoms with Gasteiger partial charge in [0.25, 0.3) is 0 Å². The van der Waals surface area contributed by atoms with Crippen molar-refractivity contribution in [3.63, 3.8) is 0 Å². The van der Waals surface area contributed by atoms with Crippen LogP contribution in [0.4, 0.5) is 0 Å². The second-order valence-electron chi connectivity index (χ2n) is 3.92. The Balaban J connectivity index is 2.59. The molecule has 1 aliphatic carbocycles. The van der Waals surface area contributed by atoms with Gasteiger partial charge in [0, 0.05) is 18.9 Å². The number of amides is 1. The third-order valence-corrected chi connectivity index (χ3v) is 2.84. The third kappa shape index (κ3) is 2.69. The molecule has 0 aromatic heterocycles. The van der Waals surface area contributed by atoms with E-state index in [9.17, 15) is 9.59 Å². The molecule has 1 fully saturated rings. The number of carbonyl (C=O) groups is 2. The number of aldehydes is 1. The molecule has 1 amide bonds. The van der Waals surface area contributed by atoms with Gasteiger partial charge in [-0.1, -0.05) is 6.08 Å². The Morgan fingerprint density at radius 1 is 1.50 bits per heavy atom. The van der Waals surface area contributed by atoms with Crippen molar-refractivity contribution in [2.75, 3.05) is 0 Å². The maximum absolute atomic E-state index is 10.9. The molecule has 1 N–H and O–H groups in total. The lowest BCUT2D eigenvalue weighted by molar-refractivity contribution is -0.121. The van der Waals surface area contributed by atoms with Gasteiger partial charge >= 0.3 is 0 Å². The first-order chi connectivity index (χ1) is 6.67. The Bertz CT molecular complexity index is 237. The number of nitrogens with one attached hydrogen (secondary N) is 1. The molecule has 3 nitrogen and oxygen atoms in total. The molecular formula is C11H17NO2. The summed E-state index contributed by atoms with van der Waals surface area (Å²) in [6.45, 7) is 5.23. The van der Waals surface area contributed by atoms with Gasteiger partial charge in [-0.25, -0.2) is 0 Å². The topological polar surface area (TPSA) is 46.2 Å². The molecule has 78 valence electrons. The molecule has 0 spiro atoms. The van der Waals surface area contributed by atoms with Crippen molar-refractivity contribution in [2.24, 2.45) is 11.8 Å². The predicted octanol–water partition coefficient (Wildman–Crippen LogP) is 1.29. The second-order valence-corrected chi connectivity index (χ2v) is 3.92. The molecule has 0 heterocycles. The van der Waals surface area contributed by atoms with Gasteiger partial charge in [0.05, 0.1) is 0 Å². The van der Waals surface area contributed by atoms with Crippen LogP contribution in [0.1, 0.15) is 26.2 Å². The minimum absolute atomic E-state index is 0.00162. The fraction of sp³-hybridized carbons (Fsp3) is 0.636. The van der Waals surface area contributed by atoms with E-state index in [1.54, 1.807) is 0 Å². The van der Waals surface area contributed by atoms with Crippen molar-refractivity contribution in [3.8, 4) is 0 Å². The van der Waals surface area contributed by atoms with E-state index < -0.39 is 0 Å². The highest BCUT2D eigenvalue weighted by Crippen LogP contribution is 2.28. The molecule has 14 heavy (non-hydrogen) atoms. The minimum atomic E-state index is -0.0634. The molecular weight excluding hydrogens is 178 g/mol. The van der Waals surface area contributed by atoms with Crippen molar-refractivity contribution >= 4 is 12.2 Å². The van der Waals surface area contributed by atoms with Crippen LogP contribution in [-0.2, 0) is 9.59 Å². The summed E-state index contributed by atoms with van der Waals surface area (Å²) in [5.74, 6) is 0.352. The Morgan fingerprint density at radius 3 is 2.71 bits per heavy atom. The van der Waals surface area contributed by atoms with Gasteiger partial charge in [-0.2, -0.15) is 0 Å². The average Bonchev–Trinajstić information content (AvgIpc) is 2.16. The molecule has 1 saturated carbocycles. The van der Waals surface area contributed by atoms with Crippen LogP contribution in [0.5, 0.6) is 0 Å². The van der Waals surface area contributed by atoms with Gasteiger partial charge in [0.15, 0.2) is 0 Å². The molecule has 0 bridgehead atoms. The van der Waals surface area contributed by atoms with Crippen LogP contribution in [0.3, 0.4) is 0 Å². The first-order valence-electron chi connectivity index (χ1n) is 5.02. The Kier molecular flexibility index (Phi) is 3.86. The normalized spacial score (nSPS) is 31.9. The summed E-state index contributed by atoms with van der Waals surface area (Å²) in [5.41, 5.74) is 0. The smallest absolute Gasteiger partial charge is 0.217 e. The largest absolute Gasteiger partial charge is 0.353 e. The molecule has 1 aliphatic rings. The molecule has 0 radical (unpaired) electrons. The van der Waals surface area contributed by atoms with E-state index in [4.69, 9.17) is 0 Å². The highest BCUT2D eigenvalue weighted by atomic mass is 16.1. The van der Waals surface area contributed by atoms with Crippen LogP contribution in [-0.4, -0.2) is 18.2 Å². The highest BCUT2D eigenvalue weighted by molar-refractivity contribution is 5.74. The number of allylic oxidation sites excluding steroid dienone is 1. The minimum Gasteiger partial charge on any atom is -0.353 e. The van der Waals surface area contributed by atoms with Crippen molar-refractivity contribution in [3.05, 3.63) is 12.7 Å². The maximum atomic E-state index is 10.9. The van der Waals surface area contributed by atoms with E-state index in [2.05, 4.69) is 11.9 Å². The molecule has 3 heteroatoms. The quantitative estimate of drug-likeness (QED) is 0.545. The summed E-state index contributed by atoms with van der Waals surface area (Å²) in [4.78, 5) is 21.7. The zero-order valence-corrected chi connectivity index (χ0v) is 8.53. The summed E-state index contributed by atoms with van der Waals surface area (Å²) in [5, 5.41) is 2.83. The lowest BCUT2D eigenvalue weighted by Crippen LogP contribution is -2.43. The van der Waals surface area contributed by atoms with Crippen molar-refractivity contribution < 1.29 is 9.59 Å². The molecule has 0 aromatic carbocycles. The van der Waals surface area contributed by atoms with Gasteiger partial charge in [0.1, 0.15) is 6.29 Å². The molecule has 0 aromatic rings. The van der Waals surface area contributed by atoms with E-state index in [0.717, 1.165) is 25.5 Å².